The van der Waals surface area contributed by atoms with E-state index in [1.807, 2.05) is 18.2 Å². The number of benzene rings is 1. The fourth-order valence-corrected chi connectivity index (χ4v) is 1.72. The molecular formula is C13H16N2. The molecule has 0 amide bonds. The van der Waals surface area contributed by atoms with Crippen LogP contribution >= 0.6 is 0 Å². The van der Waals surface area contributed by atoms with E-state index < -0.39 is 0 Å². The first-order valence-electron chi connectivity index (χ1n) is 5.55. The van der Waals surface area contributed by atoms with Crippen molar-refractivity contribution in [2.24, 2.45) is 5.92 Å². The van der Waals surface area contributed by atoms with E-state index in [0.717, 1.165) is 12.5 Å². The fraction of sp³-hybridized carbons (Fsp3) is 0.462. The maximum atomic E-state index is 8.79. The highest BCUT2D eigenvalue weighted by atomic mass is 14.9. The van der Waals surface area contributed by atoms with Crippen molar-refractivity contribution in [2.75, 3.05) is 6.54 Å². The Labute approximate surface area is 90.9 Å². The molecule has 1 unspecified atom stereocenters. The summed E-state index contributed by atoms with van der Waals surface area (Å²) >= 11 is 0. The molecule has 1 saturated carbocycles. The Balaban J connectivity index is 1.95. The first-order chi connectivity index (χ1) is 7.40. The maximum Gasteiger partial charge on any atom is 0.0641 e. The molecule has 1 aromatic rings. The van der Waals surface area contributed by atoms with Crippen LogP contribution in [0.4, 0.5) is 0 Å². The van der Waals surface area contributed by atoms with Gasteiger partial charge in [-0.2, -0.15) is 5.26 Å². The zero-order chi connectivity index (χ0) is 10.5. The third-order valence-electron chi connectivity index (χ3n) is 2.85. The van der Waals surface area contributed by atoms with E-state index in [9.17, 15) is 0 Å². The molecular weight excluding hydrogens is 184 g/mol. The molecule has 0 radical (unpaired) electrons. The standard InChI is InChI=1S/C13H16N2/c14-9-8-13(15-10-11-6-7-11)12-4-2-1-3-5-12/h1-5,11,13,15H,6-8,10H2. The highest BCUT2D eigenvalue weighted by Gasteiger charge is 2.22. The van der Waals surface area contributed by atoms with E-state index in [2.05, 4.69) is 23.5 Å². The van der Waals surface area contributed by atoms with Crippen LogP contribution in [0.1, 0.15) is 30.9 Å². The molecule has 1 aromatic carbocycles. The third-order valence-corrected chi connectivity index (χ3v) is 2.85. The third kappa shape index (κ3) is 3.07. The fourth-order valence-electron chi connectivity index (χ4n) is 1.72. The van der Waals surface area contributed by atoms with Gasteiger partial charge in [-0.15, -0.1) is 0 Å². The van der Waals surface area contributed by atoms with Gasteiger partial charge >= 0.3 is 0 Å². The Morgan fingerprint density at radius 2 is 2.07 bits per heavy atom. The second kappa shape index (κ2) is 4.95. The summed E-state index contributed by atoms with van der Waals surface area (Å²) in [6.45, 7) is 1.06. The quantitative estimate of drug-likeness (QED) is 0.793. The molecule has 2 heteroatoms. The van der Waals surface area contributed by atoms with Crippen molar-refractivity contribution in [3.8, 4) is 6.07 Å². The minimum absolute atomic E-state index is 0.205. The van der Waals surface area contributed by atoms with E-state index >= 15 is 0 Å². The van der Waals surface area contributed by atoms with E-state index in [1.54, 1.807) is 0 Å². The summed E-state index contributed by atoms with van der Waals surface area (Å²) in [4.78, 5) is 0. The van der Waals surface area contributed by atoms with Crippen molar-refractivity contribution >= 4 is 0 Å². The van der Waals surface area contributed by atoms with Gasteiger partial charge in [-0.3, -0.25) is 0 Å². The summed E-state index contributed by atoms with van der Waals surface area (Å²) in [5, 5.41) is 12.3. The molecule has 1 aliphatic carbocycles. The van der Waals surface area contributed by atoms with E-state index in [4.69, 9.17) is 5.26 Å². The lowest BCUT2D eigenvalue weighted by Gasteiger charge is -2.15. The zero-order valence-electron chi connectivity index (χ0n) is 8.82. The lowest BCUT2D eigenvalue weighted by molar-refractivity contribution is 0.522. The number of rotatable bonds is 5. The molecule has 0 saturated heterocycles. The van der Waals surface area contributed by atoms with Crippen LogP contribution in [0.15, 0.2) is 30.3 Å². The van der Waals surface area contributed by atoms with Crippen LogP contribution in [0, 0.1) is 17.2 Å². The van der Waals surface area contributed by atoms with E-state index in [1.165, 1.54) is 18.4 Å². The van der Waals surface area contributed by atoms with Crippen LogP contribution in [0.25, 0.3) is 0 Å². The highest BCUT2D eigenvalue weighted by molar-refractivity contribution is 5.19. The van der Waals surface area contributed by atoms with Gasteiger partial charge in [-0.25, -0.2) is 0 Å². The number of nitrogens with zero attached hydrogens (tertiary/aromatic N) is 1. The van der Waals surface area contributed by atoms with Crippen molar-refractivity contribution in [2.45, 2.75) is 25.3 Å². The SMILES string of the molecule is N#CCC(NCC1CC1)c1ccccc1. The summed E-state index contributed by atoms with van der Waals surface area (Å²) in [6, 6.07) is 12.7. The molecule has 2 nitrogen and oxygen atoms in total. The van der Waals surface area contributed by atoms with Crippen LogP contribution in [0.5, 0.6) is 0 Å². The van der Waals surface area contributed by atoms with Crippen molar-refractivity contribution in [1.82, 2.24) is 5.32 Å². The summed E-state index contributed by atoms with van der Waals surface area (Å²) in [7, 11) is 0. The average molecular weight is 200 g/mol. The van der Waals surface area contributed by atoms with Gasteiger partial charge < -0.3 is 5.32 Å². The minimum atomic E-state index is 0.205. The molecule has 0 aromatic heterocycles. The molecule has 1 aliphatic rings. The van der Waals surface area contributed by atoms with Gasteiger partial charge in [0.05, 0.1) is 12.5 Å². The van der Waals surface area contributed by atoms with Crippen molar-refractivity contribution in [3.05, 3.63) is 35.9 Å². The Hall–Kier alpha value is -1.33. The van der Waals surface area contributed by atoms with Gasteiger partial charge in [0.2, 0.25) is 0 Å². The van der Waals surface area contributed by atoms with Gasteiger partial charge in [0.15, 0.2) is 0 Å². The van der Waals surface area contributed by atoms with Gasteiger partial charge in [0.25, 0.3) is 0 Å². The van der Waals surface area contributed by atoms with Crippen LogP contribution in [0.2, 0.25) is 0 Å². The second-order valence-electron chi connectivity index (χ2n) is 4.18. The summed E-state index contributed by atoms with van der Waals surface area (Å²) < 4.78 is 0. The first kappa shape index (κ1) is 10.2. The molecule has 0 spiro atoms. The lowest BCUT2D eigenvalue weighted by Crippen LogP contribution is -2.23. The van der Waals surface area contributed by atoms with E-state index in [0.29, 0.717) is 6.42 Å². The Morgan fingerprint density at radius 1 is 1.33 bits per heavy atom. The van der Waals surface area contributed by atoms with E-state index in [-0.39, 0.29) is 6.04 Å². The summed E-state index contributed by atoms with van der Waals surface area (Å²) in [5.41, 5.74) is 1.22. The Bertz CT molecular complexity index is 335. The van der Waals surface area contributed by atoms with Gasteiger partial charge in [-0.1, -0.05) is 30.3 Å². The molecule has 78 valence electrons. The molecule has 1 fully saturated rings. The maximum absolute atomic E-state index is 8.79. The van der Waals surface area contributed by atoms with Crippen molar-refractivity contribution < 1.29 is 0 Å². The predicted octanol–water partition coefficient (Wildman–Crippen LogP) is 2.64. The summed E-state index contributed by atoms with van der Waals surface area (Å²) in [5.74, 6) is 0.856. The van der Waals surface area contributed by atoms with Crippen LogP contribution in [0.3, 0.4) is 0 Å². The Kier molecular flexibility index (Phi) is 3.37. The molecule has 2 rings (SSSR count). The van der Waals surface area contributed by atoms with Crippen molar-refractivity contribution in [3.63, 3.8) is 0 Å². The normalized spacial score (nSPS) is 17.0. The minimum Gasteiger partial charge on any atom is -0.309 e. The monoisotopic (exact) mass is 200 g/mol. The van der Waals surface area contributed by atoms with Gasteiger partial charge in [-0.05, 0) is 30.9 Å². The number of nitriles is 1. The lowest BCUT2D eigenvalue weighted by atomic mass is 10.0. The van der Waals surface area contributed by atoms with Gasteiger partial charge in [0, 0.05) is 6.04 Å². The predicted molar refractivity (Wildman–Crippen MR) is 60.1 cm³/mol. The second-order valence-corrected chi connectivity index (χ2v) is 4.18. The van der Waals surface area contributed by atoms with Crippen LogP contribution in [-0.2, 0) is 0 Å². The Morgan fingerprint density at radius 3 is 2.67 bits per heavy atom. The number of hydrogen-bond acceptors (Lipinski definition) is 2. The zero-order valence-corrected chi connectivity index (χ0v) is 8.82. The molecule has 0 aliphatic heterocycles. The van der Waals surface area contributed by atoms with Crippen LogP contribution in [-0.4, -0.2) is 6.54 Å². The molecule has 0 heterocycles. The van der Waals surface area contributed by atoms with Crippen molar-refractivity contribution in [1.29, 1.82) is 5.26 Å². The topological polar surface area (TPSA) is 35.8 Å². The number of nitrogens with one attached hydrogen (secondary N) is 1. The van der Waals surface area contributed by atoms with Gasteiger partial charge in [0.1, 0.15) is 0 Å². The smallest absolute Gasteiger partial charge is 0.0641 e. The number of hydrogen-bond donors (Lipinski definition) is 1. The molecule has 0 bridgehead atoms. The first-order valence-corrected chi connectivity index (χ1v) is 5.55. The largest absolute Gasteiger partial charge is 0.309 e. The summed E-state index contributed by atoms with van der Waals surface area (Å²) in [6.07, 6.45) is 3.25. The van der Waals surface area contributed by atoms with Crippen LogP contribution < -0.4 is 5.32 Å². The average Bonchev–Trinajstić information content (AvgIpc) is 3.09. The molecule has 1 atom stereocenters. The molecule has 1 N–H and O–H groups in total. The molecule has 15 heavy (non-hydrogen) atoms. The highest BCUT2D eigenvalue weighted by Crippen LogP contribution is 2.29.